The molecule has 154 valence electrons. The van der Waals surface area contributed by atoms with Gasteiger partial charge in [0.05, 0.1) is 10.5 Å². The molecule has 1 amide bonds. The molecule has 8 heteroatoms. The van der Waals surface area contributed by atoms with Crippen molar-refractivity contribution in [2.45, 2.75) is 21.2 Å². The lowest BCUT2D eigenvalue weighted by molar-refractivity contribution is 0.0986. The molecule has 4 rings (SSSR count). The molecule has 0 fully saturated rings. The predicted molar refractivity (Wildman–Crippen MR) is 117 cm³/mol. The van der Waals surface area contributed by atoms with Gasteiger partial charge in [-0.15, -0.1) is 0 Å². The number of carbonyl (C=O) groups excluding carboxylic acids is 1. The summed E-state index contributed by atoms with van der Waals surface area (Å²) in [5.74, 6) is -0.136. The molecule has 0 atom stereocenters. The van der Waals surface area contributed by atoms with Crippen LogP contribution in [0.15, 0.2) is 81.7 Å². The Morgan fingerprint density at radius 1 is 1.07 bits per heavy atom. The number of hydrogen-bond donors (Lipinski definition) is 0. The van der Waals surface area contributed by atoms with Crippen molar-refractivity contribution in [3.8, 4) is 0 Å². The van der Waals surface area contributed by atoms with Crippen LogP contribution < -0.4 is 4.90 Å². The molecule has 0 saturated carbocycles. The van der Waals surface area contributed by atoms with Crippen LogP contribution in [0.4, 0.5) is 5.69 Å². The summed E-state index contributed by atoms with van der Waals surface area (Å²) < 4.78 is 26.0. The number of carbonyl (C=O) groups is 1. The second kappa shape index (κ2) is 8.22. The standard InChI is InChI=1S/C22H21N3O3S2/c1-24(2)30(27,28)18-10-11-20-16(15-18)12-14-25(20)22(26)19-9-6-13-23-21(19)29-17-7-4-3-5-8-17/h3-11,13,15H,12,14H2,1-2H3. The first-order valence-corrected chi connectivity index (χ1v) is 11.7. The third-order valence-corrected chi connectivity index (χ3v) is 7.77. The van der Waals surface area contributed by atoms with Crippen molar-refractivity contribution in [3.63, 3.8) is 0 Å². The summed E-state index contributed by atoms with van der Waals surface area (Å²) in [6.07, 6.45) is 2.29. The number of benzene rings is 2. The highest BCUT2D eigenvalue weighted by Crippen LogP contribution is 2.34. The number of fused-ring (bicyclic) bond motifs is 1. The van der Waals surface area contributed by atoms with Crippen LogP contribution in [-0.2, 0) is 16.4 Å². The number of sulfonamides is 1. The lowest BCUT2D eigenvalue weighted by Crippen LogP contribution is -2.29. The number of pyridine rings is 1. The molecular formula is C22H21N3O3S2. The van der Waals surface area contributed by atoms with Crippen LogP contribution in [-0.4, -0.2) is 44.3 Å². The first-order valence-electron chi connectivity index (χ1n) is 9.43. The Bertz CT molecular complexity index is 1200. The van der Waals surface area contributed by atoms with E-state index in [0.717, 1.165) is 16.1 Å². The number of rotatable bonds is 5. The quantitative estimate of drug-likeness (QED) is 0.606. The number of nitrogens with zero attached hydrogens (tertiary/aromatic N) is 3. The maximum atomic E-state index is 13.4. The largest absolute Gasteiger partial charge is 0.308 e. The summed E-state index contributed by atoms with van der Waals surface area (Å²) in [4.78, 5) is 20.7. The van der Waals surface area contributed by atoms with Gasteiger partial charge in [-0.3, -0.25) is 4.79 Å². The summed E-state index contributed by atoms with van der Waals surface area (Å²) in [6, 6.07) is 18.3. The monoisotopic (exact) mass is 439 g/mol. The van der Waals surface area contributed by atoms with E-state index in [-0.39, 0.29) is 10.8 Å². The van der Waals surface area contributed by atoms with Crippen LogP contribution >= 0.6 is 11.8 Å². The van der Waals surface area contributed by atoms with Gasteiger partial charge in [-0.1, -0.05) is 30.0 Å². The Morgan fingerprint density at radius 3 is 2.57 bits per heavy atom. The summed E-state index contributed by atoms with van der Waals surface area (Å²) >= 11 is 1.45. The zero-order chi connectivity index (χ0) is 21.3. The van der Waals surface area contributed by atoms with Crippen molar-refractivity contribution < 1.29 is 13.2 Å². The van der Waals surface area contributed by atoms with Crippen molar-refractivity contribution in [1.29, 1.82) is 0 Å². The first kappa shape index (κ1) is 20.6. The van der Waals surface area contributed by atoms with Crippen molar-refractivity contribution in [3.05, 3.63) is 78.0 Å². The minimum Gasteiger partial charge on any atom is -0.308 e. The molecule has 0 bridgehead atoms. The van der Waals surface area contributed by atoms with Crippen LogP contribution in [0.25, 0.3) is 0 Å². The van der Waals surface area contributed by atoms with Crippen LogP contribution in [0.3, 0.4) is 0 Å². The molecule has 3 aromatic rings. The van der Waals surface area contributed by atoms with Crippen molar-refractivity contribution >= 4 is 33.4 Å². The Kier molecular flexibility index (Phi) is 5.64. The van der Waals surface area contributed by atoms with E-state index in [1.54, 1.807) is 41.4 Å². The summed E-state index contributed by atoms with van der Waals surface area (Å²) in [7, 11) is -0.500. The molecule has 6 nitrogen and oxygen atoms in total. The van der Waals surface area contributed by atoms with E-state index in [1.807, 2.05) is 30.3 Å². The number of aromatic nitrogens is 1. The molecule has 0 radical (unpaired) electrons. The topological polar surface area (TPSA) is 70.6 Å². The number of hydrogen-bond acceptors (Lipinski definition) is 5. The van der Waals surface area contributed by atoms with E-state index >= 15 is 0 Å². The lowest BCUT2D eigenvalue weighted by Gasteiger charge is -2.19. The molecule has 0 unspecified atom stereocenters. The van der Waals surface area contributed by atoms with Gasteiger partial charge in [0.25, 0.3) is 5.91 Å². The fourth-order valence-electron chi connectivity index (χ4n) is 3.34. The van der Waals surface area contributed by atoms with E-state index in [4.69, 9.17) is 0 Å². The summed E-state index contributed by atoms with van der Waals surface area (Å²) in [5, 5.41) is 0.647. The Morgan fingerprint density at radius 2 is 1.83 bits per heavy atom. The third kappa shape index (κ3) is 3.86. The van der Waals surface area contributed by atoms with Gasteiger partial charge in [-0.05, 0) is 54.4 Å². The van der Waals surface area contributed by atoms with Gasteiger partial charge >= 0.3 is 0 Å². The maximum Gasteiger partial charge on any atom is 0.261 e. The van der Waals surface area contributed by atoms with Gasteiger partial charge in [-0.2, -0.15) is 0 Å². The Labute approximate surface area is 180 Å². The van der Waals surface area contributed by atoms with Crippen molar-refractivity contribution in [1.82, 2.24) is 9.29 Å². The molecule has 0 N–H and O–H groups in total. The smallest absolute Gasteiger partial charge is 0.261 e. The lowest BCUT2D eigenvalue weighted by atomic mass is 10.2. The van der Waals surface area contributed by atoms with E-state index in [2.05, 4.69) is 4.98 Å². The molecule has 2 heterocycles. The molecule has 30 heavy (non-hydrogen) atoms. The SMILES string of the molecule is CN(C)S(=O)(=O)c1ccc2c(c1)CCN2C(=O)c1cccnc1Sc1ccccc1. The highest BCUT2D eigenvalue weighted by atomic mass is 32.2. The first-order chi connectivity index (χ1) is 14.4. The van der Waals surface area contributed by atoms with Gasteiger partial charge in [-0.25, -0.2) is 17.7 Å². The second-order valence-corrected chi connectivity index (χ2v) is 10.3. The number of anilines is 1. The van der Waals surface area contributed by atoms with E-state index in [0.29, 0.717) is 23.6 Å². The van der Waals surface area contributed by atoms with Crippen LogP contribution in [0.5, 0.6) is 0 Å². The highest BCUT2D eigenvalue weighted by Gasteiger charge is 2.29. The normalized spacial score (nSPS) is 13.5. The molecule has 1 aliphatic heterocycles. The zero-order valence-electron chi connectivity index (χ0n) is 16.6. The van der Waals surface area contributed by atoms with Crippen molar-refractivity contribution in [2.75, 3.05) is 25.5 Å². The van der Waals surface area contributed by atoms with Gasteiger partial charge in [0.2, 0.25) is 10.0 Å². The number of amides is 1. The Hall–Kier alpha value is -2.68. The van der Waals surface area contributed by atoms with Crippen molar-refractivity contribution in [2.24, 2.45) is 0 Å². The molecule has 0 spiro atoms. The molecule has 1 aromatic heterocycles. The van der Waals surface area contributed by atoms with Crippen LogP contribution in [0.2, 0.25) is 0 Å². The van der Waals surface area contributed by atoms with Gasteiger partial charge in [0.15, 0.2) is 0 Å². The molecule has 2 aromatic carbocycles. The Balaban J connectivity index is 1.64. The fourth-order valence-corrected chi connectivity index (χ4v) is 5.19. The molecule has 1 aliphatic rings. The van der Waals surface area contributed by atoms with E-state index < -0.39 is 10.0 Å². The minimum absolute atomic E-state index is 0.136. The third-order valence-electron chi connectivity index (χ3n) is 4.93. The fraction of sp³-hybridized carbons (Fsp3) is 0.182. The summed E-state index contributed by atoms with van der Waals surface area (Å²) in [5.41, 5.74) is 2.13. The second-order valence-electron chi connectivity index (χ2n) is 7.06. The van der Waals surface area contributed by atoms with Crippen LogP contribution in [0, 0.1) is 0 Å². The van der Waals surface area contributed by atoms with Gasteiger partial charge < -0.3 is 4.90 Å². The predicted octanol–water partition coefficient (Wildman–Crippen LogP) is 3.69. The average Bonchev–Trinajstić information content (AvgIpc) is 3.17. The molecule has 0 aliphatic carbocycles. The van der Waals surface area contributed by atoms with Gasteiger partial charge in [0.1, 0.15) is 5.03 Å². The van der Waals surface area contributed by atoms with E-state index in [1.165, 1.54) is 30.2 Å². The minimum atomic E-state index is -3.51. The highest BCUT2D eigenvalue weighted by molar-refractivity contribution is 7.99. The van der Waals surface area contributed by atoms with E-state index in [9.17, 15) is 13.2 Å². The van der Waals surface area contributed by atoms with Crippen LogP contribution in [0.1, 0.15) is 15.9 Å². The molecule has 0 saturated heterocycles. The zero-order valence-corrected chi connectivity index (χ0v) is 18.3. The maximum absolute atomic E-state index is 13.4. The average molecular weight is 440 g/mol. The van der Waals surface area contributed by atoms with Gasteiger partial charge in [0, 0.05) is 37.4 Å². The molecular weight excluding hydrogens is 418 g/mol. The summed E-state index contributed by atoms with van der Waals surface area (Å²) in [6.45, 7) is 0.504.